The van der Waals surface area contributed by atoms with E-state index < -0.39 is 17.5 Å². The second-order valence-corrected chi connectivity index (χ2v) is 4.78. The van der Waals surface area contributed by atoms with Gasteiger partial charge in [0.2, 0.25) is 0 Å². The lowest BCUT2D eigenvalue weighted by molar-refractivity contribution is 0.300. The Balaban J connectivity index is 1.87. The van der Waals surface area contributed by atoms with Crippen LogP contribution >= 0.6 is 0 Å². The molecule has 0 bridgehead atoms. The Labute approximate surface area is 105 Å². The van der Waals surface area contributed by atoms with Gasteiger partial charge in [0.1, 0.15) is 0 Å². The second-order valence-electron chi connectivity index (χ2n) is 4.78. The van der Waals surface area contributed by atoms with E-state index in [2.05, 4.69) is 17.3 Å². The number of benzene rings is 1. The van der Waals surface area contributed by atoms with E-state index in [4.69, 9.17) is 0 Å². The molecule has 1 fully saturated rings. The van der Waals surface area contributed by atoms with Crippen LogP contribution in [0.1, 0.15) is 18.4 Å². The number of likely N-dealkylation sites (tertiary alicyclic amines) is 1. The van der Waals surface area contributed by atoms with Gasteiger partial charge in [-0.05, 0) is 44.1 Å². The summed E-state index contributed by atoms with van der Waals surface area (Å²) in [5, 5.41) is 3.15. The number of hydrogen-bond acceptors (Lipinski definition) is 2. The molecule has 1 N–H and O–H groups in total. The van der Waals surface area contributed by atoms with Crippen molar-refractivity contribution < 1.29 is 13.2 Å². The predicted octanol–water partition coefficient (Wildman–Crippen LogP) is 2.29. The molecule has 0 spiro atoms. The van der Waals surface area contributed by atoms with Crippen LogP contribution in [0.2, 0.25) is 0 Å². The van der Waals surface area contributed by atoms with Crippen LogP contribution in [0.4, 0.5) is 13.2 Å². The van der Waals surface area contributed by atoms with Crippen molar-refractivity contribution in [3.8, 4) is 0 Å². The molecule has 0 saturated carbocycles. The number of rotatable bonds is 4. The third-order valence-electron chi connectivity index (χ3n) is 3.42. The Kier molecular flexibility index (Phi) is 4.24. The van der Waals surface area contributed by atoms with Gasteiger partial charge in [0, 0.05) is 19.1 Å². The molecule has 1 aromatic carbocycles. The monoisotopic (exact) mass is 258 g/mol. The van der Waals surface area contributed by atoms with Gasteiger partial charge in [-0.1, -0.05) is 0 Å². The fraction of sp³-hybridized carbons (Fsp3) is 0.538. The average Bonchev–Trinajstić information content (AvgIpc) is 2.72. The van der Waals surface area contributed by atoms with Gasteiger partial charge in [0.25, 0.3) is 0 Å². The normalized spacial score (nSPS) is 20.6. The summed E-state index contributed by atoms with van der Waals surface area (Å²) in [7, 11) is 2.07. The lowest BCUT2D eigenvalue weighted by Gasteiger charge is -2.19. The molecule has 2 rings (SSSR count). The van der Waals surface area contributed by atoms with Crippen molar-refractivity contribution in [2.24, 2.45) is 0 Å². The van der Waals surface area contributed by atoms with Crippen molar-refractivity contribution in [3.05, 3.63) is 35.1 Å². The van der Waals surface area contributed by atoms with Gasteiger partial charge < -0.3 is 10.2 Å². The van der Waals surface area contributed by atoms with Crippen molar-refractivity contribution in [2.45, 2.75) is 25.4 Å². The maximum absolute atomic E-state index is 13.0. The van der Waals surface area contributed by atoms with Crippen LogP contribution in [0.3, 0.4) is 0 Å². The quantitative estimate of drug-likeness (QED) is 0.834. The summed E-state index contributed by atoms with van der Waals surface area (Å²) in [5.74, 6) is -3.68. The Hall–Kier alpha value is -1.07. The van der Waals surface area contributed by atoms with E-state index in [0.29, 0.717) is 18.2 Å². The highest BCUT2D eigenvalue weighted by Gasteiger charge is 2.20. The first-order valence-electron chi connectivity index (χ1n) is 6.12. The highest BCUT2D eigenvalue weighted by molar-refractivity contribution is 5.19. The first-order chi connectivity index (χ1) is 8.58. The number of nitrogens with one attached hydrogen (secondary N) is 1. The van der Waals surface area contributed by atoms with Crippen molar-refractivity contribution in [3.63, 3.8) is 0 Å². The average molecular weight is 258 g/mol. The zero-order valence-electron chi connectivity index (χ0n) is 10.3. The van der Waals surface area contributed by atoms with Crippen molar-refractivity contribution in [2.75, 3.05) is 20.1 Å². The minimum Gasteiger partial charge on any atom is -0.311 e. The molecule has 0 radical (unpaired) electrons. The molecule has 1 aliphatic rings. The maximum Gasteiger partial charge on any atom is 0.194 e. The largest absolute Gasteiger partial charge is 0.311 e. The van der Waals surface area contributed by atoms with Gasteiger partial charge in [0.15, 0.2) is 17.5 Å². The van der Waals surface area contributed by atoms with E-state index in [0.717, 1.165) is 31.6 Å². The molecule has 1 heterocycles. The highest BCUT2D eigenvalue weighted by Crippen LogP contribution is 2.15. The van der Waals surface area contributed by atoms with Crippen LogP contribution in [-0.4, -0.2) is 31.1 Å². The Bertz CT molecular complexity index is 400. The summed E-state index contributed by atoms with van der Waals surface area (Å²) in [5.41, 5.74) is 0.423. The van der Waals surface area contributed by atoms with Crippen molar-refractivity contribution in [1.29, 1.82) is 0 Å². The van der Waals surface area contributed by atoms with Gasteiger partial charge in [-0.25, -0.2) is 13.2 Å². The third kappa shape index (κ3) is 3.03. The van der Waals surface area contributed by atoms with Crippen LogP contribution in [0.25, 0.3) is 0 Å². The lowest BCUT2D eigenvalue weighted by Crippen LogP contribution is -2.35. The lowest BCUT2D eigenvalue weighted by atomic mass is 10.2. The highest BCUT2D eigenvalue weighted by atomic mass is 19.2. The molecule has 1 saturated heterocycles. The zero-order valence-corrected chi connectivity index (χ0v) is 10.3. The van der Waals surface area contributed by atoms with Crippen molar-refractivity contribution >= 4 is 0 Å². The van der Waals surface area contributed by atoms with E-state index in [1.165, 1.54) is 6.42 Å². The molecule has 2 nitrogen and oxygen atoms in total. The summed E-state index contributed by atoms with van der Waals surface area (Å²) in [6.07, 6.45) is 2.32. The molecule has 1 aromatic rings. The SMILES string of the molecule is CN1CCCC1CNCc1cc(F)c(F)c(F)c1. The second kappa shape index (κ2) is 5.71. The molecule has 0 amide bonds. The Morgan fingerprint density at radius 1 is 1.28 bits per heavy atom. The standard InChI is InChI=1S/C13H17F3N2/c1-18-4-2-3-10(18)8-17-7-9-5-11(14)13(16)12(15)6-9/h5-6,10,17H,2-4,7-8H2,1H3. The summed E-state index contributed by atoms with van der Waals surface area (Å²) >= 11 is 0. The summed E-state index contributed by atoms with van der Waals surface area (Å²) in [4.78, 5) is 2.26. The van der Waals surface area contributed by atoms with Crippen LogP contribution in [0.5, 0.6) is 0 Å². The minimum absolute atomic E-state index is 0.346. The fourth-order valence-electron chi connectivity index (χ4n) is 2.33. The predicted molar refractivity (Wildman–Crippen MR) is 63.7 cm³/mol. The van der Waals surface area contributed by atoms with Gasteiger partial charge >= 0.3 is 0 Å². The first kappa shape index (κ1) is 13.4. The first-order valence-corrected chi connectivity index (χ1v) is 6.12. The molecule has 18 heavy (non-hydrogen) atoms. The van der Waals surface area contributed by atoms with E-state index in [-0.39, 0.29) is 0 Å². The summed E-state index contributed by atoms with van der Waals surface area (Å²) < 4.78 is 38.7. The topological polar surface area (TPSA) is 15.3 Å². The zero-order chi connectivity index (χ0) is 13.1. The fourth-order valence-corrected chi connectivity index (χ4v) is 2.33. The summed E-state index contributed by atoms with van der Waals surface area (Å²) in [6, 6.07) is 2.54. The molecule has 5 heteroatoms. The molecule has 1 aliphatic heterocycles. The molecular formula is C13H17F3N2. The van der Waals surface area contributed by atoms with Gasteiger partial charge in [-0.15, -0.1) is 0 Å². The van der Waals surface area contributed by atoms with Gasteiger partial charge in [-0.2, -0.15) is 0 Å². The van der Waals surface area contributed by atoms with Crippen molar-refractivity contribution in [1.82, 2.24) is 10.2 Å². The summed E-state index contributed by atoms with van der Waals surface area (Å²) in [6.45, 7) is 2.21. The van der Waals surface area contributed by atoms with E-state index in [1.54, 1.807) is 0 Å². The molecule has 100 valence electrons. The van der Waals surface area contributed by atoms with Gasteiger partial charge in [0.05, 0.1) is 0 Å². The Morgan fingerprint density at radius 3 is 2.50 bits per heavy atom. The van der Waals surface area contributed by atoms with E-state index in [9.17, 15) is 13.2 Å². The van der Waals surface area contributed by atoms with Crippen LogP contribution in [0.15, 0.2) is 12.1 Å². The molecule has 0 aromatic heterocycles. The van der Waals surface area contributed by atoms with Crippen LogP contribution < -0.4 is 5.32 Å². The molecular weight excluding hydrogens is 241 g/mol. The third-order valence-corrected chi connectivity index (χ3v) is 3.42. The number of nitrogens with zero attached hydrogens (tertiary/aromatic N) is 1. The molecule has 1 atom stereocenters. The number of halogens is 3. The van der Waals surface area contributed by atoms with Crippen LogP contribution in [-0.2, 0) is 6.54 Å². The number of likely N-dealkylation sites (N-methyl/N-ethyl adjacent to an activating group) is 1. The number of hydrogen-bond donors (Lipinski definition) is 1. The maximum atomic E-state index is 13.0. The molecule has 0 aliphatic carbocycles. The minimum atomic E-state index is -1.41. The Morgan fingerprint density at radius 2 is 1.94 bits per heavy atom. The van der Waals surface area contributed by atoms with E-state index >= 15 is 0 Å². The van der Waals surface area contributed by atoms with Gasteiger partial charge in [-0.3, -0.25) is 0 Å². The van der Waals surface area contributed by atoms with Crippen LogP contribution in [0, 0.1) is 17.5 Å². The smallest absolute Gasteiger partial charge is 0.194 e. The molecule has 1 unspecified atom stereocenters. The van der Waals surface area contributed by atoms with E-state index in [1.807, 2.05) is 0 Å².